The molecule has 0 bridgehead atoms. The summed E-state index contributed by atoms with van der Waals surface area (Å²) < 4.78 is 4.67. The average Bonchev–Trinajstić information content (AvgIpc) is 2.86. The molecule has 0 spiro atoms. The summed E-state index contributed by atoms with van der Waals surface area (Å²) in [6.45, 7) is 3.29. The number of carboxylic acid groups (broad SMARTS) is 3. The summed E-state index contributed by atoms with van der Waals surface area (Å²) in [6, 6.07) is 7.14. The van der Waals surface area contributed by atoms with Gasteiger partial charge in [0.05, 0.1) is 12.0 Å². The van der Waals surface area contributed by atoms with Crippen LogP contribution in [-0.4, -0.2) is 57.7 Å². The fourth-order valence-corrected chi connectivity index (χ4v) is 4.63. The SMILES string of the molecule is CC1(C)S[C@@H]2[C@H](NC(=O)COc3ccccc3)C(=O)N2[C@H]1C(=O)[O-].O=C([O-])[O-].[K+].[Zn+2]. The molecule has 1 aromatic carbocycles. The van der Waals surface area contributed by atoms with Crippen LogP contribution in [0.5, 0.6) is 5.75 Å². The van der Waals surface area contributed by atoms with Crippen LogP contribution in [0.15, 0.2) is 30.3 Å². The number of amides is 2. The number of fused-ring (bicyclic) bond motifs is 1. The van der Waals surface area contributed by atoms with E-state index in [2.05, 4.69) is 5.32 Å². The number of nitrogens with one attached hydrogen (secondary N) is 1. The summed E-state index contributed by atoms with van der Waals surface area (Å²) in [5, 5.41) is 30.2. The Balaban J connectivity index is 0.00000129. The Bertz CT molecular complexity index is 778. The number of rotatable bonds is 5. The van der Waals surface area contributed by atoms with Crippen molar-refractivity contribution >= 4 is 35.7 Å². The molecule has 1 N–H and O–H groups in total. The predicted molar refractivity (Wildman–Crippen MR) is 90.4 cm³/mol. The van der Waals surface area contributed by atoms with Gasteiger partial charge in [-0.2, -0.15) is 0 Å². The second kappa shape index (κ2) is 12.4. The van der Waals surface area contributed by atoms with Gasteiger partial charge in [-0.25, -0.2) is 0 Å². The number of carboxylic acids is 1. The van der Waals surface area contributed by atoms with Crippen molar-refractivity contribution in [1.82, 2.24) is 10.2 Å². The molecular formula is C17H17KN2O8SZn. The maximum Gasteiger partial charge on any atom is 2.00 e. The quantitative estimate of drug-likeness (QED) is 0.298. The van der Waals surface area contributed by atoms with Gasteiger partial charge in [0.15, 0.2) is 6.61 Å². The summed E-state index contributed by atoms with van der Waals surface area (Å²) in [4.78, 5) is 45.1. The van der Waals surface area contributed by atoms with E-state index in [-0.39, 0.29) is 77.5 Å². The van der Waals surface area contributed by atoms with E-state index in [1.165, 1.54) is 16.7 Å². The van der Waals surface area contributed by atoms with Gasteiger partial charge >= 0.3 is 70.9 Å². The Morgan fingerprint density at radius 3 is 2.20 bits per heavy atom. The van der Waals surface area contributed by atoms with E-state index in [1.54, 1.807) is 38.1 Å². The van der Waals surface area contributed by atoms with E-state index in [9.17, 15) is 19.5 Å². The molecule has 3 rings (SSSR count). The Labute approximate surface area is 232 Å². The first kappa shape index (κ1) is 29.3. The smallest absolute Gasteiger partial charge is 0.652 e. The van der Waals surface area contributed by atoms with Gasteiger partial charge in [-0.15, -0.1) is 11.8 Å². The van der Waals surface area contributed by atoms with Gasteiger partial charge in [0.1, 0.15) is 17.2 Å². The van der Waals surface area contributed by atoms with Crippen molar-refractivity contribution in [3.8, 4) is 5.75 Å². The normalized spacial score (nSPS) is 22.5. The van der Waals surface area contributed by atoms with Crippen LogP contribution in [0.25, 0.3) is 0 Å². The predicted octanol–water partition coefficient (Wildman–Crippen LogP) is -6.08. The molecule has 10 nitrogen and oxygen atoms in total. The first-order valence-electron chi connectivity index (χ1n) is 8.10. The fraction of sp³-hybridized carbons (Fsp3) is 0.412. The molecule has 30 heavy (non-hydrogen) atoms. The number of thioether (sulfide) groups is 1. The molecule has 2 heterocycles. The van der Waals surface area contributed by atoms with Crippen LogP contribution in [0, 0.1) is 0 Å². The minimum atomic E-state index is -2.33. The second-order valence-electron chi connectivity index (χ2n) is 6.48. The summed E-state index contributed by atoms with van der Waals surface area (Å²) in [6.07, 6.45) is -2.33. The molecule has 2 aliphatic heterocycles. The largest absolute Gasteiger partial charge is 2.00 e. The van der Waals surface area contributed by atoms with E-state index < -0.39 is 46.1 Å². The average molecular weight is 514 g/mol. The minimum Gasteiger partial charge on any atom is -0.652 e. The number of benzene rings is 1. The molecule has 2 amide bonds. The molecule has 1 aromatic rings. The van der Waals surface area contributed by atoms with Crippen molar-refractivity contribution in [3.05, 3.63) is 30.3 Å². The third kappa shape index (κ3) is 7.18. The molecule has 0 aliphatic carbocycles. The molecule has 13 heteroatoms. The maximum absolute atomic E-state index is 12.2. The van der Waals surface area contributed by atoms with Crippen LogP contribution in [0.1, 0.15) is 13.8 Å². The first-order chi connectivity index (χ1) is 13.0. The summed E-state index contributed by atoms with van der Waals surface area (Å²) >= 11 is 1.35. The van der Waals surface area contributed by atoms with E-state index in [4.69, 9.17) is 19.7 Å². The zero-order valence-electron chi connectivity index (χ0n) is 16.7. The topological polar surface area (TPSA) is 162 Å². The van der Waals surface area contributed by atoms with Gasteiger partial charge in [0.25, 0.3) is 5.91 Å². The van der Waals surface area contributed by atoms with Gasteiger partial charge in [-0.3, -0.25) is 9.59 Å². The molecule has 152 valence electrons. The number of carbonyl (C=O) groups excluding carboxylic acids is 4. The monoisotopic (exact) mass is 512 g/mol. The van der Waals surface area contributed by atoms with Crippen molar-refractivity contribution in [1.29, 1.82) is 0 Å². The van der Waals surface area contributed by atoms with Crippen LogP contribution in [0.2, 0.25) is 0 Å². The van der Waals surface area contributed by atoms with E-state index in [0.29, 0.717) is 5.75 Å². The summed E-state index contributed by atoms with van der Waals surface area (Å²) in [5.41, 5.74) is 0. The van der Waals surface area contributed by atoms with Crippen LogP contribution in [0.4, 0.5) is 4.79 Å². The molecule has 3 atom stereocenters. The number of para-hydroxylation sites is 1. The van der Waals surface area contributed by atoms with Crippen molar-refractivity contribution in [2.24, 2.45) is 0 Å². The Morgan fingerprint density at radius 2 is 1.70 bits per heavy atom. The first-order valence-corrected chi connectivity index (χ1v) is 8.98. The Morgan fingerprint density at radius 1 is 1.17 bits per heavy atom. The molecule has 0 unspecified atom stereocenters. The van der Waals surface area contributed by atoms with Crippen LogP contribution in [0.3, 0.4) is 0 Å². The Hall–Kier alpha value is -0.690. The van der Waals surface area contributed by atoms with Gasteiger partial charge in [0, 0.05) is 4.75 Å². The van der Waals surface area contributed by atoms with Gasteiger partial charge in [-0.05, 0) is 32.1 Å². The molecule has 0 radical (unpaired) electrons. The minimum absolute atomic E-state index is 0. The number of carbonyl (C=O) groups is 4. The fourth-order valence-electron chi connectivity index (χ4n) is 3.01. The third-order valence-electron chi connectivity index (χ3n) is 4.09. The van der Waals surface area contributed by atoms with Crippen molar-refractivity contribution < 1.29 is 110 Å². The van der Waals surface area contributed by atoms with Crippen LogP contribution >= 0.6 is 11.8 Å². The number of β-lactam (4-membered cyclic amide) rings is 1. The number of hydrogen-bond donors (Lipinski definition) is 1. The van der Waals surface area contributed by atoms with Crippen molar-refractivity contribution in [2.45, 2.75) is 36.1 Å². The van der Waals surface area contributed by atoms with Crippen LogP contribution in [-0.2, 0) is 33.9 Å². The van der Waals surface area contributed by atoms with E-state index >= 15 is 0 Å². The van der Waals surface area contributed by atoms with E-state index in [1.807, 2.05) is 6.07 Å². The molecule has 0 aromatic heterocycles. The second-order valence-corrected chi connectivity index (χ2v) is 8.25. The summed E-state index contributed by atoms with van der Waals surface area (Å²) in [5.74, 6) is -1.55. The van der Waals surface area contributed by atoms with Gasteiger partial charge in [-0.1, -0.05) is 18.2 Å². The third-order valence-corrected chi connectivity index (χ3v) is 5.67. The van der Waals surface area contributed by atoms with Crippen molar-refractivity contribution in [3.63, 3.8) is 0 Å². The number of hydrogen-bond acceptors (Lipinski definition) is 9. The zero-order chi connectivity index (χ0) is 21.1. The van der Waals surface area contributed by atoms with Gasteiger partial charge < -0.3 is 39.9 Å². The van der Waals surface area contributed by atoms with Crippen LogP contribution < -0.4 is 76.8 Å². The Kier molecular flexibility index (Phi) is 12.1. The van der Waals surface area contributed by atoms with Crippen molar-refractivity contribution in [2.75, 3.05) is 6.61 Å². The molecule has 2 saturated heterocycles. The molecule has 2 fully saturated rings. The molecule has 0 saturated carbocycles. The molecular weight excluding hydrogens is 497 g/mol. The van der Waals surface area contributed by atoms with Gasteiger partial charge in [0.2, 0.25) is 5.91 Å². The maximum atomic E-state index is 12.2. The number of nitrogens with zero attached hydrogens (tertiary/aromatic N) is 1. The standard InChI is InChI=1S/C16H18N2O5S.CH2O3.K.Zn/c1-16(2)12(15(21)22)18-13(20)11(14(18)24-16)17-10(19)8-23-9-6-4-3-5-7-9;2-1(3)4;;/h3-7,11-12,14H,8H2,1-2H3,(H,17,19)(H,21,22);(H2,2,3,4);;/q;;+1;+2/p-3/t11-,12+,14-;;;/m1.../s1. The summed E-state index contributed by atoms with van der Waals surface area (Å²) in [7, 11) is 0. The number of ether oxygens (including phenoxy) is 1. The zero-order valence-corrected chi connectivity index (χ0v) is 23.6. The molecule has 2 aliphatic rings. The number of aliphatic carboxylic acids is 1. The van der Waals surface area contributed by atoms with E-state index in [0.717, 1.165) is 0 Å².